The Balaban J connectivity index is 1.56. The highest BCUT2D eigenvalue weighted by molar-refractivity contribution is 5.98. The number of carbonyl (C=O) groups is 1. The zero-order chi connectivity index (χ0) is 14.2. The average molecular weight is 276 g/mol. The van der Waals surface area contributed by atoms with E-state index in [1.807, 2.05) is 6.07 Å². The molecule has 0 N–H and O–H groups in total. The molecule has 1 saturated carbocycles. The second-order valence-corrected chi connectivity index (χ2v) is 6.49. The molecule has 0 spiro atoms. The molecule has 4 rings (SSSR count). The Kier molecular flexibility index (Phi) is 3.14. The molecule has 1 nitrogen and oxygen atoms in total. The highest BCUT2D eigenvalue weighted by atomic mass is 16.1. The van der Waals surface area contributed by atoms with Gasteiger partial charge in [-0.05, 0) is 54.4 Å². The number of rotatable bonds is 3. The van der Waals surface area contributed by atoms with E-state index < -0.39 is 0 Å². The Morgan fingerprint density at radius 2 is 1.62 bits per heavy atom. The molecular weight excluding hydrogens is 256 g/mol. The van der Waals surface area contributed by atoms with Gasteiger partial charge in [0, 0.05) is 11.5 Å². The zero-order valence-electron chi connectivity index (χ0n) is 12.2. The van der Waals surface area contributed by atoms with Crippen molar-refractivity contribution in [3.8, 4) is 0 Å². The average Bonchev–Trinajstić information content (AvgIpc) is 2.89. The van der Waals surface area contributed by atoms with Crippen LogP contribution in [0.4, 0.5) is 0 Å². The summed E-state index contributed by atoms with van der Waals surface area (Å²) in [6.45, 7) is 0. The third-order valence-electron chi connectivity index (χ3n) is 5.17. The molecule has 0 saturated heterocycles. The summed E-state index contributed by atoms with van der Waals surface area (Å²) in [5, 5.41) is 0. The molecule has 21 heavy (non-hydrogen) atoms. The number of Topliss-reactive ketones (excluding diaryl/α,β-unsaturated/α-hetero) is 1. The first-order valence-corrected chi connectivity index (χ1v) is 8.02. The van der Waals surface area contributed by atoms with Gasteiger partial charge in [-0.2, -0.15) is 0 Å². The largest absolute Gasteiger partial charge is 0.294 e. The van der Waals surface area contributed by atoms with Gasteiger partial charge >= 0.3 is 0 Å². The van der Waals surface area contributed by atoms with E-state index in [0.717, 1.165) is 18.4 Å². The van der Waals surface area contributed by atoms with Gasteiger partial charge < -0.3 is 0 Å². The summed E-state index contributed by atoms with van der Waals surface area (Å²) in [6, 6.07) is 16.8. The first-order valence-electron chi connectivity index (χ1n) is 8.02. The first-order chi connectivity index (χ1) is 10.3. The van der Waals surface area contributed by atoms with E-state index >= 15 is 0 Å². The highest BCUT2D eigenvalue weighted by Crippen LogP contribution is 2.37. The Morgan fingerprint density at radius 1 is 0.905 bits per heavy atom. The maximum Gasteiger partial charge on any atom is 0.166 e. The summed E-state index contributed by atoms with van der Waals surface area (Å²) in [7, 11) is 0. The van der Waals surface area contributed by atoms with E-state index in [1.54, 1.807) is 0 Å². The quantitative estimate of drug-likeness (QED) is 0.751. The van der Waals surface area contributed by atoms with E-state index in [4.69, 9.17) is 0 Å². The predicted octanol–water partition coefficient (Wildman–Crippen LogP) is 4.55. The summed E-state index contributed by atoms with van der Waals surface area (Å²) in [6.07, 6.45) is 5.71. The summed E-state index contributed by atoms with van der Waals surface area (Å²) in [5.41, 5.74) is 4.98. The fraction of sp³-hybridized carbons (Fsp3) is 0.350. The first kappa shape index (κ1) is 12.8. The molecule has 2 aromatic carbocycles. The second-order valence-electron chi connectivity index (χ2n) is 6.49. The number of ketones is 1. The van der Waals surface area contributed by atoms with Crippen molar-refractivity contribution in [3.05, 3.63) is 70.8 Å². The number of fused-ring (bicyclic) bond motifs is 1. The molecule has 0 aromatic heterocycles. The fourth-order valence-corrected chi connectivity index (χ4v) is 3.67. The smallest absolute Gasteiger partial charge is 0.166 e. The molecule has 1 heteroatoms. The Hall–Kier alpha value is -1.89. The van der Waals surface area contributed by atoms with Crippen LogP contribution in [-0.2, 0) is 12.8 Å². The van der Waals surface area contributed by atoms with Crippen LogP contribution in [0.25, 0.3) is 0 Å². The molecule has 2 aromatic rings. The Bertz CT molecular complexity index is 657. The van der Waals surface area contributed by atoms with Gasteiger partial charge in [0.05, 0.1) is 0 Å². The number of carbonyl (C=O) groups excluding carboxylic acids is 1. The molecule has 0 atom stereocenters. The molecule has 0 aliphatic heterocycles. The van der Waals surface area contributed by atoms with E-state index in [9.17, 15) is 4.79 Å². The minimum Gasteiger partial charge on any atom is -0.294 e. The lowest BCUT2D eigenvalue weighted by molar-refractivity contribution is 0.0924. The SMILES string of the molecule is O=C(c1cccc(C2CCC2)c1)C1Cc2ccccc2C1. The van der Waals surface area contributed by atoms with Crippen LogP contribution in [0.3, 0.4) is 0 Å². The molecule has 0 heterocycles. The normalized spacial score (nSPS) is 18.3. The van der Waals surface area contributed by atoms with Gasteiger partial charge in [-0.1, -0.05) is 48.9 Å². The van der Waals surface area contributed by atoms with Crippen molar-refractivity contribution in [2.45, 2.75) is 38.0 Å². The summed E-state index contributed by atoms with van der Waals surface area (Å²) >= 11 is 0. The van der Waals surface area contributed by atoms with Crippen molar-refractivity contribution in [1.82, 2.24) is 0 Å². The summed E-state index contributed by atoms with van der Waals surface area (Å²) in [5.74, 6) is 1.16. The highest BCUT2D eigenvalue weighted by Gasteiger charge is 2.28. The van der Waals surface area contributed by atoms with Gasteiger partial charge in [0.2, 0.25) is 0 Å². The van der Waals surface area contributed by atoms with E-state index in [2.05, 4.69) is 42.5 Å². The molecule has 2 aliphatic carbocycles. The fourth-order valence-electron chi connectivity index (χ4n) is 3.67. The number of benzene rings is 2. The monoisotopic (exact) mass is 276 g/mol. The van der Waals surface area contributed by atoms with Gasteiger partial charge in [0.25, 0.3) is 0 Å². The van der Waals surface area contributed by atoms with Crippen LogP contribution in [0.5, 0.6) is 0 Å². The molecule has 0 bridgehead atoms. The van der Waals surface area contributed by atoms with Crippen LogP contribution in [0.1, 0.15) is 52.2 Å². The zero-order valence-corrected chi connectivity index (χ0v) is 12.2. The van der Waals surface area contributed by atoms with Crippen LogP contribution in [0, 0.1) is 5.92 Å². The van der Waals surface area contributed by atoms with E-state index in [-0.39, 0.29) is 5.92 Å². The minimum atomic E-state index is 0.138. The van der Waals surface area contributed by atoms with Crippen LogP contribution in [0.2, 0.25) is 0 Å². The molecule has 0 radical (unpaired) electrons. The molecule has 0 unspecified atom stereocenters. The lowest BCUT2D eigenvalue weighted by Crippen LogP contribution is -2.16. The molecule has 2 aliphatic rings. The molecule has 0 amide bonds. The minimum absolute atomic E-state index is 0.138. The summed E-state index contributed by atoms with van der Waals surface area (Å²) in [4.78, 5) is 12.8. The maximum atomic E-state index is 12.8. The lowest BCUT2D eigenvalue weighted by Gasteiger charge is -2.26. The predicted molar refractivity (Wildman–Crippen MR) is 84.7 cm³/mol. The number of hydrogen-bond donors (Lipinski definition) is 0. The van der Waals surface area contributed by atoms with Gasteiger partial charge in [-0.3, -0.25) is 4.79 Å². The van der Waals surface area contributed by atoms with Crippen LogP contribution < -0.4 is 0 Å². The topological polar surface area (TPSA) is 17.1 Å². The lowest BCUT2D eigenvalue weighted by atomic mass is 9.79. The van der Waals surface area contributed by atoms with Gasteiger partial charge in [0.1, 0.15) is 0 Å². The van der Waals surface area contributed by atoms with Crippen LogP contribution in [0.15, 0.2) is 48.5 Å². The van der Waals surface area contributed by atoms with E-state index in [1.165, 1.54) is 36.0 Å². The standard InChI is InChI=1S/C20H20O/c21-20(19-12-16-5-1-2-6-17(16)13-19)18-10-4-9-15(11-18)14-7-3-8-14/h1-2,4-6,9-11,14,19H,3,7-8,12-13H2. The van der Waals surface area contributed by atoms with Gasteiger partial charge in [-0.15, -0.1) is 0 Å². The molecule has 106 valence electrons. The van der Waals surface area contributed by atoms with Gasteiger partial charge in [0.15, 0.2) is 5.78 Å². The van der Waals surface area contributed by atoms with Crippen LogP contribution in [-0.4, -0.2) is 5.78 Å². The van der Waals surface area contributed by atoms with Crippen molar-refractivity contribution in [3.63, 3.8) is 0 Å². The second kappa shape index (κ2) is 5.14. The van der Waals surface area contributed by atoms with Crippen molar-refractivity contribution >= 4 is 5.78 Å². The van der Waals surface area contributed by atoms with Gasteiger partial charge in [-0.25, -0.2) is 0 Å². The number of hydrogen-bond acceptors (Lipinski definition) is 1. The Labute approximate surface area is 126 Å². The Morgan fingerprint density at radius 3 is 2.24 bits per heavy atom. The maximum absolute atomic E-state index is 12.8. The van der Waals surface area contributed by atoms with Crippen LogP contribution >= 0.6 is 0 Å². The van der Waals surface area contributed by atoms with Crippen molar-refractivity contribution in [1.29, 1.82) is 0 Å². The third kappa shape index (κ3) is 2.31. The van der Waals surface area contributed by atoms with Crippen molar-refractivity contribution in [2.75, 3.05) is 0 Å². The van der Waals surface area contributed by atoms with Crippen molar-refractivity contribution < 1.29 is 4.79 Å². The summed E-state index contributed by atoms with van der Waals surface area (Å²) < 4.78 is 0. The molecular formula is C20H20O. The molecule has 1 fully saturated rings. The van der Waals surface area contributed by atoms with E-state index in [0.29, 0.717) is 11.7 Å². The third-order valence-corrected chi connectivity index (χ3v) is 5.17. The van der Waals surface area contributed by atoms with Crippen molar-refractivity contribution in [2.24, 2.45) is 5.92 Å².